The molecule has 0 aliphatic carbocycles. The number of rotatable bonds is 5. The lowest BCUT2D eigenvalue weighted by Crippen LogP contribution is -2.41. The second-order valence-corrected chi connectivity index (χ2v) is 9.06. The van der Waals surface area contributed by atoms with E-state index in [9.17, 15) is 8.42 Å². The van der Waals surface area contributed by atoms with Crippen LogP contribution in [-0.2, 0) is 10.0 Å². The molecule has 2 rings (SSSR count). The SMILES string of the molecule is CC(NS(=O)(=O)c1ccc(Oc2cccc(Cl)c2N)cc1)C(C)(C)C. The van der Waals surface area contributed by atoms with Crippen LogP contribution >= 0.6 is 11.6 Å². The predicted octanol–water partition coefficient (Wildman–Crippen LogP) is 4.43. The molecule has 0 aliphatic rings. The van der Waals surface area contributed by atoms with E-state index in [0.717, 1.165) is 0 Å². The molecule has 0 bridgehead atoms. The summed E-state index contributed by atoms with van der Waals surface area (Å²) in [6.07, 6.45) is 0. The lowest BCUT2D eigenvalue weighted by atomic mass is 9.89. The van der Waals surface area contributed by atoms with Gasteiger partial charge in [0.2, 0.25) is 10.0 Å². The summed E-state index contributed by atoms with van der Waals surface area (Å²) in [5, 5.41) is 0.400. The lowest BCUT2D eigenvalue weighted by Gasteiger charge is -2.27. The Morgan fingerprint density at radius 2 is 1.72 bits per heavy atom. The van der Waals surface area contributed by atoms with E-state index in [1.807, 2.05) is 27.7 Å². The highest BCUT2D eigenvalue weighted by Crippen LogP contribution is 2.33. The molecule has 0 aromatic heterocycles. The third-order valence-corrected chi connectivity index (χ3v) is 5.89. The number of hydrogen-bond donors (Lipinski definition) is 2. The summed E-state index contributed by atoms with van der Waals surface area (Å²) in [4.78, 5) is 0.176. The molecule has 1 atom stereocenters. The van der Waals surface area contributed by atoms with Gasteiger partial charge in [0.1, 0.15) is 5.75 Å². The Labute approximate surface area is 154 Å². The van der Waals surface area contributed by atoms with Gasteiger partial charge in [-0.2, -0.15) is 0 Å². The van der Waals surface area contributed by atoms with Crippen molar-refractivity contribution in [3.8, 4) is 11.5 Å². The molecular formula is C18H23ClN2O3S. The van der Waals surface area contributed by atoms with Crippen LogP contribution in [-0.4, -0.2) is 14.5 Å². The monoisotopic (exact) mass is 382 g/mol. The highest BCUT2D eigenvalue weighted by Gasteiger charge is 2.25. The van der Waals surface area contributed by atoms with Crippen LogP contribution in [0, 0.1) is 5.41 Å². The van der Waals surface area contributed by atoms with Gasteiger partial charge in [-0.05, 0) is 48.7 Å². The minimum atomic E-state index is -3.60. The van der Waals surface area contributed by atoms with Crippen molar-refractivity contribution in [1.82, 2.24) is 4.72 Å². The Morgan fingerprint density at radius 3 is 2.28 bits per heavy atom. The first kappa shape index (κ1) is 19.6. The molecule has 0 spiro atoms. The zero-order valence-corrected chi connectivity index (χ0v) is 16.3. The number of nitrogens with two attached hydrogens (primary N) is 1. The predicted molar refractivity (Wildman–Crippen MR) is 102 cm³/mol. The average Bonchev–Trinajstić information content (AvgIpc) is 2.51. The largest absolute Gasteiger partial charge is 0.455 e. The molecule has 1 unspecified atom stereocenters. The molecular weight excluding hydrogens is 360 g/mol. The summed E-state index contributed by atoms with van der Waals surface area (Å²) >= 11 is 5.96. The molecule has 0 radical (unpaired) electrons. The van der Waals surface area contributed by atoms with Crippen LogP contribution in [0.25, 0.3) is 0 Å². The van der Waals surface area contributed by atoms with Crippen molar-refractivity contribution in [3.05, 3.63) is 47.5 Å². The molecule has 5 nitrogen and oxygen atoms in total. The Kier molecular flexibility index (Phi) is 5.66. The highest BCUT2D eigenvalue weighted by atomic mass is 35.5. The number of anilines is 1. The van der Waals surface area contributed by atoms with Crippen LogP contribution in [0.3, 0.4) is 0 Å². The average molecular weight is 383 g/mol. The summed E-state index contributed by atoms with van der Waals surface area (Å²) in [5.41, 5.74) is 6.02. The Morgan fingerprint density at radius 1 is 1.12 bits per heavy atom. The van der Waals surface area contributed by atoms with Gasteiger partial charge in [0.05, 0.1) is 15.6 Å². The normalized spacial score (nSPS) is 13.5. The van der Waals surface area contributed by atoms with Gasteiger partial charge in [-0.25, -0.2) is 13.1 Å². The number of halogens is 1. The smallest absolute Gasteiger partial charge is 0.240 e. The molecule has 7 heteroatoms. The van der Waals surface area contributed by atoms with E-state index in [1.54, 1.807) is 30.3 Å². The first-order chi connectivity index (χ1) is 11.5. The molecule has 0 heterocycles. The van der Waals surface area contributed by atoms with E-state index in [0.29, 0.717) is 22.2 Å². The third-order valence-electron chi connectivity index (χ3n) is 4.01. The zero-order valence-electron chi connectivity index (χ0n) is 14.7. The number of benzene rings is 2. The van der Waals surface area contributed by atoms with Crippen molar-refractivity contribution in [2.24, 2.45) is 5.41 Å². The van der Waals surface area contributed by atoms with Crippen LogP contribution in [0.5, 0.6) is 11.5 Å². The number of sulfonamides is 1. The number of nitrogen functional groups attached to an aromatic ring is 1. The first-order valence-corrected chi connectivity index (χ1v) is 9.71. The maximum atomic E-state index is 12.5. The van der Waals surface area contributed by atoms with E-state index in [1.165, 1.54) is 12.1 Å². The second-order valence-electron chi connectivity index (χ2n) is 6.93. The van der Waals surface area contributed by atoms with Crippen LogP contribution in [0.4, 0.5) is 5.69 Å². The van der Waals surface area contributed by atoms with Gasteiger partial charge in [-0.3, -0.25) is 0 Å². The Bertz CT molecular complexity index is 844. The van der Waals surface area contributed by atoms with Crippen molar-refractivity contribution < 1.29 is 13.2 Å². The maximum absolute atomic E-state index is 12.5. The van der Waals surface area contributed by atoms with Gasteiger partial charge in [0, 0.05) is 6.04 Å². The molecule has 0 aliphatic heterocycles. The fourth-order valence-electron chi connectivity index (χ4n) is 1.90. The van der Waals surface area contributed by atoms with Crippen molar-refractivity contribution in [3.63, 3.8) is 0 Å². The van der Waals surface area contributed by atoms with E-state index in [2.05, 4.69) is 4.72 Å². The van der Waals surface area contributed by atoms with Crippen molar-refractivity contribution in [1.29, 1.82) is 0 Å². The van der Waals surface area contributed by atoms with Crippen molar-refractivity contribution in [2.75, 3.05) is 5.73 Å². The van der Waals surface area contributed by atoms with Gasteiger partial charge in [-0.15, -0.1) is 0 Å². The fourth-order valence-corrected chi connectivity index (χ4v) is 3.51. The molecule has 0 saturated heterocycles. The number of para-hydroxylation sites is 1. The second kappa shape index (κ2) is 7.23. The first-order valence-electron chi connectivity index (χ1n) is 7.85. The summed E-state index contributed by atoms with van der Waals surface area (Å²) in [5.74, 6) is 0.888. The van der Waals surface area contributed by atoms with Gasteiger partial charge in [0.15, 0.2) is 5.75 Å². The van der Waals surface area contributed by atoms with Crippen LogP contribution in [0.2, 0.25) is 5.02 Å². The molecule has 136 valence electrons. The van der Waals surface area contributed by atoms with E-state index >= 15 is 0 Å². The molecule has 2 aromatic rings. The van der Waals surface area contributed by atoms with Gasteiger partial charge >= 0.3 is 0 Å². The van der Waals surface area contributed by atoms with Gasteiger partial charge in [-0.1, -0.05) is 38.4 Å². The summed E-state index contributed by atoms with van der Waals surface area (Å²) in [6.45, 7) is 7.78. The number of hydrogen-bond acceptors (Lipinski definition) is 4. The maximum Gasteiger partial charge on any atom is 0.240 e. The topological polar surface area (TPSA) is 81.4 Å². The molecule has 3 N–H and O–H groups in total. The molecule has 2 aromatic carbocycles. The van der Waals surface area contributed by atoms with E-state index in [4.69, 9.17) is 22.1 Å². The fraction of sp³-hybridized carbons (Fsp3) is 0.333. The lowest BCUT2D eigenvalue weighted by molar-refractivity contribution is 0.317. The molecule has 0 fully saturated rings. The van der Waals surface area contributed by atoms with Crippen LogP contribution in [0.15, 0.2) is 47.4 Å². The molecule has 25 heavy (non-hydrogen) atoms. The standard InChI is InChI=1S/C18H23ClN2O3S/c1-12(18(2,3)4)21-25(22,23)14-10-8-13(9-11-14)24-16-7-5-6-15(19)17(16)20/h5-12,21H,20H2,1-4H3. The minimum Gasteiger partial charge on any atom is -0.455 e. The third kappa shape index (κ3) is 4.87. The van der Waals surface area contributed by atoms with Gasteiger partial charge < -0.3 is 10.5 Å². The minimum absolute atomic E-state index is 0.176. The van der Waals surface area contributed by atoms with E-state index < -0.39 is 10.0 Å². The summed E-state index contributed by atoms with van der Waals surface area (Å²) in [6, 6.07) is 11.0. The van der Waals surface area contributed by atoms with Crippen LogP contribution in [0.1, 0.15) is 27.7 Å². The highest BCUT2D eigenvalue weighted by molar-refractivity contribution is 7.89. The van der Waals surface area contributed by atoms with Crippen LogP contribution < -0.4 is 15.2 Å². The van der Waals surface area contributed by atoms with Gasteiger partial charge in [0.25, 0.3) is 0 Å². The Balaban J connectivity index is 2.18. The zero-order chi connectivity index (χ0) is 18.8. The number of ether oxygens (including phenoxy) is 1. The Hall–Kier alpha value is -1.76. The van der Waals surface area contributed by atoms with Crippen molar-refractivity contribution >= 4 is 27.3 Å². The van der Waals surface area contributed by atoms with E-state index in [-0.39, 0.29) is 16.4 Å². The van der Waals surface area contributed by atoms with Crippen molar-refractivity contribution in [2.45, 2.75) is 38.6 Å². The summed E-state index contributed by atoms with van der Waals surface area (Å²) in [7, 11) is -3.60. The number of nitrogens with one attached hydrogen (secondary N) is 1. The summed E-state index contributed by atoms with van der Waals surface area (Å²) < 4.78 is 33.3. The molecule has 0 amide bonds. The molecule has 0 saturated carbocycles. The quantitative estimate of drug-likeness (QED) is 0.749.